The van der Waals surface area contributed by atoms with Crippen molar-refractivity contribution >= 4 is 6.47 Å². The van der Waals surface area contributed by atoms with E-state index in [-0.39, 0.29) is 0 Å². The molecule has 0 aromatic carbocycles. The molecule has 0 rings (SSSR count). The fourth-order valence-corrected chi connectivity index (χ4v) is 0.299. The lowest BCUT2D eigenvalue weighted by Gasteiger charge is -1.96. The van der Waals surface area contributed by atoms with E-state index in [2.05, 4.69) is 4.74 Å². The average Bonchev–Trinajstić information content (AvgIpc) is 1.81. The minimum Gasteiger partial charge on any atom is -0.465 e. The van der Waals surface area contributed by atoms with E-state index >= 15 is 0 Å². The van der Waals surface area contributed by atoms with Gasteiger partial charge < -0.3 is 9.47 Å². The molecule has 0 bridgehead atoms. The van der Waals surface area contributed by atoms with Gasteiger partial charge in [-0.25, -0.2) is 0 Å². The lowest BCUT2D eigenvalue weighted by Crippen LogP contribution is -2.01. The molecule has 0 unspecified atom stereocenters. The molecule has 0 amide bonds. The van der Waals surface area contributed by atoms with Crippen LogP contribution >= 0.6 is 0 Å². The minimum atomic E-state index is 0.358. The summed E-state index contributed by atoms with van der Waals surface area (Å²) in [5.41, 5.74) is 0. The Kier molecular flexibility index (Phi) is 5.97. The van der Waals surface area contributed by atoms with E-state index in [1.54, 1.807) is 0 Å². The monoisotopic (exact) mass is 118 g/mol. The zero-order chi connectivity index (χ0) is 6.24. The van der Waals surface area contributed by atoms with Crippen LogP contribution in [0, 0.1) is 0 Å². The van der Waals surface area contributed by atoms with Crippen molar-refractivity contribution in [1.82, 2.24) is 0 Å². The molecule has 0 fully saturated rings. The Morgan fingerprint density at radius 1 is 1.50 bits per heavy atom. The van der Waals surface area contributed by atoms with E-state index in [4.69, 9.17) is 4.74 Å². The molecule has 0 aliphatic carbocycles. The van der Waals surface area contributed by atoms with Gasteiger partial charge in [0.2, 0.25) is 0 Å². The van der Waals surface area contributed by atoms with Crippen LogP contribution in [0.2, 0.25) is 0 Å². The van der Waals surface area contributed by atoms with E-state index in [0.29, 0.717) is 26.3 Å². The Labute approximate surface area is 48.6 Å². The zero-order valence-corrected chi connectivity index (χ0v) is 4.92. The first kappa shape index (κ1) is 7.43. The van der Waals surface area contributed by atoms with Crippen LogP contribution in [0.15, 0.2) is 0 Å². The highest BCUT2D eigenvalue weighted by molar-refractivity contribution is 5.36. The summed E-state index contributed by atoms with van der Waals surface area (Å²) in [6.07, 6.45) is 0. The van der Waals surface area contributed by atoms with Gasteiger partial charge in [-0.3, -0.25) is 4.79 Å². The first-order valence-corrected chi connectivity index (χ1v) is 2.54. The maximum Gasteiger partial charge on any atom is 0.293 e. The molecule has 0 heterocycles. The van der Waals surface area contributed by atoms with Crippen molar-refractivity contribution in [1.29, 1.82) is 0 Å². The third kappa shape index (κ3) is 5.43. The summed E-state index contributed by atoms with van der Waals surface area (Å²) in [6, 6.07) is 0. The SMILES string of the molecule is CCOCCOC=O. The van der Waals surface area contributed by atoms with Crippen molar-refractivity contribution in [2.75, 3.05) is 19.8 Å². The molecule has 48 valence electrons. The standard InChI is InChI=1S/C5H10O3/c1-2-7-3-4-8-5-6/h5H,2-4H2,1H3. The largest absolute Gasteiger partial charge is 0.465 e. The second kappa shape index (κ2) is 6.43. The van der Waals surface area contributed by atoms with Crippen LogP contribution in [-0.4, -0.2) is 26.3 Å². The van der Waals surface area contributed by atoms with E-state index in [1.807, 2.05) is 6.92 Å². The molecular formula is C5H10O3. The van der Waals surface area contributed by atoms with Gasteiger partial charge in [0.25, 0.3) is 6.47 Å². The van der Waals surface area contributed by atoms with E-state index in [0.717, 1.165) is 0 Å². The van der Waals surface area contributed by atoms with Crippen LogP contribution in [0.1, 0.15) is 6.92 Å². The second-order valence-corrected chi connectivity index (χ2v) is 1.16. The van der Waals surface area contributed by atoms with E-state index in [9.17, 15) is 4.79 Å². The quantitative estimate of drug-likeness (QED) is 0.382. The van der Waals surface area contributed by atoms with Crippen molar-refractivity contribution in [2.45, 2.75) is 6.92 Å². The number of carbonyl (C=O) groups is 1. The molecule has 0 aliphatic heterocycles. The van der Waals surface area contributed by atoms with Gasteiger partial charge in [0.1, 0.15) is 6.61 Å². The van der Waals surface area contributed by atoms with Gasteiger partial charge in [-0.1, -0.05) is 0 Å². The molecular weight excluding hydrogens is 108 g/mol. The van der Waals surface area contributed by atoms with Crippen molar-refractivity contribution in [3.8, 4) is 0 Å². The summed E-state index contributed by atoms with van der Waals surface area (Å²) in [5, 5.41) is 0. The number of rotatable bonds is 5. The fourth-order valence-electron chi connectivity index (χ4n) is 0.299. The molecule has 3 nitrogen and oxygen atoms in total. The van der Waals surface area contributed by atoms with Gasteiger partial charge >= 0.3 is 0 Å². The highest BCUT2D eigenvalue weighted by Crippen LogP contribution is 1.72. The Balaban J connectivity index is 2.62. The normalized spacial score (nSPS) is 8.62. The number of hydrogen-bond donors (Lipinski definition) is 0. The van der Waals surface area contributed by atoms with E-state index < -0.39 is 0 Å². The first-order valence-electron chi connectivity index (χ1n) is 2.54. The van der Waals surface area contributed by atoms with Gasteiger partial charge in [0.05, 0.1) is 6.61 Å². The van der Waals surface area contributed by atoms with Crippen molar-refractivity contribution in [3.05, 3.63) is 0 Å². The molecule has 0 saturated heterocycles. The predicted molar refractivity (Wildman–Crippen MR) is 28.5 cm³/mol. The maximum absolute atomic E-state index is 9.49. The summed E-state index contributed by atoms with van der Waals surface area (Å²) < 4.78 is 9.18. The molecule has 0 aliphatic rings. The van der Waals surface area contributed by atoms with Crippen molar-refractivity contribution < 1.29 is 14.3 Å². The van der Waals surface area contributed by atoms with Crippen LogP contribution in [0.5, 0.6) is 0 Å². The van der Waals surface area contributed by atoms with Crippen LogP contribution in [0.25, 0.3) is 0 Å². The molecule has 0 aromatic rings. The Morgan fingerprint density at radius 2 is 2.25 bits per heavy atom. The lowest BCUT2D eigenvalue weighted by atomic mass is 10.7. The van der Waals surface area contributed by atoms with Gasteiger partial charge in [-0.05, 0) is 6.92 Å². The topological polar surface area (TPSA) is 35.5 Å². The third-order valence-corrected chi connectivity index (χ3v) is 0.618. The summed E-state index contributed by atoms with van der Waals surface area (Å²) in [6.45, 7) is 3.83. The number of ether oxygens (including phenoxy) is 2. The number of hydrogen-bond acceptors (Lipinski definition) is 3. The summed E-state index contributed by atoms with van der Waals surface area (Å²) >= 11 is 0. The van der Waals surface area contributed by atoms with Crippen LogP contribution in [-0.2, 0) is 14.3 Å². The summed E-state index contributed by atoms with van der Waals surface area (Å²) in [5.74, 6) is 0. The number of carbonyl (C=O) groups excluding carboxylic acids is 1. The smallest absolute Gasteiger partial charge is 0.293 e. The molecule has 3 heteroatoms. The predicted octanol–water partition coefficient (Wildman–Crippen LogP) is 0.196. The van der Waals surface area contributed by atoms with Gasteiger partial charge in [0.15, 0.2) is 0 Å². The first-order chi connectivity index (χ1) is 3.91. The molecule has 8 heavy (non-hydrogen) atoms. The molecule has 0 aromatic heterocycles. The van der Waals surface area contributed by atoms with Crippen LogP contribution in [0.3, 0.4) is 0 Å². The molecule has 0 spiro atoms. The minimum absolute atomic E-state index is 0.358. The lowest BCUT2D eigenvalue weighted by molar-refractivity contribution is -0.130. The zero-order valence-electron chi connectivity index (χ0n) is 4.92. The van der Waals surface area contributed by atoms with Gasteiger partial charge in [0, 0.05) is 6.61 Å². The Hall–Kier alpha value is -0.570. The fraction of sp³-hybridized carbons (Fsp3) is 0.800. The van der Waals surface area contributed by atoms with Gasteiger partial charge in [-0.2, -0.15) is 0 Å². The van der Waals surface area contributed by atoms with Crippen molar-refractivity contribution in [2.24, 2.45) is 0 Å². The van der Waals surface area contributed by atoms with Gasteiger partial charge in [-0.15, -0.1) is 0 Å². The molecule has 0 saturated carbocycles. The highest BCUT2D eigenvalue weighted by atomic mass is 16.5. The molecule has 0 N–H and O–H groups in total. The van der Waals surface area contributed by atoms with E-state index in [1.165, 1.54) is 0 Å². The summed E-state index contributed by atoms with van der Waals surface area (Å²) in [7, 11) is 0. The van der Waals surface area contributed by atoms with Crippen molar-refractivity contribution in [3.63, 3.8) is 0 Å². The summed E-state index contributed by atoms with van der Waals surface area (Å²) in [4.78, 5) is 9.49. The molecule has 0 atom stereocenters. The third-order valence-electron chi connectivity index (χ3n) is 0.618. The van der Waals surface area contributed by atoms with Crippen LogP contribution in [0.4, 0.5) is 0 Å². The molecule has 0 radical (unpaired) electrons. The average molecular weight is 118 g/mol. The maximum atomic E-state index is 9.49. The highest BCUT2D eigenvalue weighted by Gasteiger charge is 1.81. The Morgan fingerprint density at radius 3 is 2.75 bits per heavy atom. The Bertz CT molecular complexity index is 53.6. The second-order valence-electron chi connectivity index (χ2n) is 1.16. The van der Waals surface area contributed by atoms with Crippen LogP contribution < -0.4 is 0 Å².